The first-order valence-corrected chi connectivity index (χ1v) is 12.1. The van der Waals surface area contributed by atoms with E-state index in [2.05, 4.69) is 21.5 Å². The Hall–Kier alpha value is -3.38. The van der Waals surface area contributed by atoms with Crippen LogP contribution >= 0.6 is 7.60 Å². The summed E-state index contributed by atoms with van der Waals surface area (Å²) in [4.78, 5) is 34.1. The number of allylic oxidation sites excluding steroid dienone is 1. The van der Waals surface area contributed by atoms with E-state index in [4.69, 9.17) is 24.3 Å². The molecule has 12 nitrogen and oxygen atoms in total. The van der Waals surface area contributed by atoms with E-state index in [1.54, 1.807) is 10.6 Å². The number of nitrogens with zero attached hydrogens (tertiary/aromatic N) is 3. The lowest BCUT2D eigenvalue weighted by molar-refractivity contribution is -0.120. The van der Waals surface area contributed by atoms with Gasteiger partial charge < -0.3 is 24.3 Å². The van der Waals surface area contributed by atoms with E-state index in [1.807, 2.05) is 0 Å². The molecule has 0 aliphatic carbocycles. The Morgan fingerprint density at radius 3 is 2.89 bits per heavy atom. The van der Waals surface area contributed by atoms with Gasteiger partial charge in [0, 0.05) is 13.0 Å². The number of H-pyrrole nitrogens is 1. The van der Waals surface area contributed by atoms with Crippen molar-refractivity contribution >= 4 is 30.5 Å². The quantitative estimate of drug-likeness (QED) is 0.188. The van der Waals surface area contributed by atoms with Gasteiger partial charge in [0.15, 0.2) is 28.5 Å². The van der Waals surface area contributed by atoms with Gasteiger partial charge >= 0.3 is 7.60 Å². The molecule has 3 aromatic rings. The van der Waals surface area contributed by atoms with Crippen LogP contribution in [0.1, 0.15) is 12.0 Å². The highest BCUT2D eigenvalue weighted by atomic mass is 31.2. The van der Waals surface area contributed by atoms with Crippen LogP contribution in [-0.2, 0) is 36.3 Å². The molecule has 0 amide bonds. The number of aromatic nitrogens is 4. The van der Waals surface area contributed by atoms with Crippen LogP contribution in [-0.4, -0.2) is 52.0 Å². The first-order valence-electron chi connectivity index (χ1n) is 10.4. The number of ketones is 1. The Balaban J connectivity index is 1.63. The smallest absolute Gasteiger partial charge is 0.356 e. The number of carbonyl (C=O) groups is 1. The number of nitrogen functional groups attached to an aromatic ring is 1. The van der Waals surface area contributed by atoms with Crippen LogP contribution in [0.4, 0.5) is 10.3 Å². The van der Waals surface area contributed by atoms with Crippen molar-refractivity contribution in [1.82, 2.24) is 19.5 Å². The normalized spacial score (nSPS) is 13.0. The molecular formula is C21H25FN5O7P. The molecule has 0 aliphatic rings. The van der Waals surface area contributed by atoms with Gasteiger partial charge in [-0.25, -0.2) is 9.37 Å². The number of nitrogens with one attached hydrogen (secondary N) is 1. The molecule has 3 N–H and O–H groups in total. The van der Waals surface area contributed by atoms with Crippen molar-refractivity contribution in [3.05, 3.63) is 58.9 Å². The fourth-order valence-corrected chi connectivity index (χ4v) is 4.21. The fourth-order valence-electron chi connectivity index (χ4n) is 2.95. The van der Waals surface area contributed by atoms with Gasteiger partial charge in [-0.1, -0.05) is 12.1 Å². The van der Waals surface area contributed by atoms with Crippen molar-refractivity contribution < 1.29 is 32.3 Å². The molecule has 0 bridgehead atoms. The highest BCUT2D eigenvalue weighted by Crippen LogP contribution is 2.49. The largest absolute Gasteiger partial charge is 0.494 e. The average molecular weight is 509 g/mol. The standard InChI is InChI=1S/C21H25FN5O7P/c1-3-4-15(28)11-34-35(30,33-10-14-5-6-17(31-2)16(22)9-14)13-32-8-7-27-12-24-18-19(27)25-21(23)26-20(18)29/h3,5-6,9,12H,1,4,7-8,10-11,13H2,2H3,(H3,23,25,26,29). The molecule has 188 valence electrons. The van der Waals surface area contributed by atoms with Crippen LogP contribution in [0.3, 0.4) is 0 Å². The number of ether oxygens (including phenoxy) is 2. The second-order valence-corrected chi connectivity index (χ2v) is 9.25. The van der Waals surface area contributed by atoms with Crippen LogP contribution in [0.25, 0.3) is 11.2 Å². The number of halogens is 1. The molecule has 1 atom stereocenters. The summed E-state index contributed by atoms with van der Waals surface area (Å²) in [7, 11) is -2.58. The van der Waals surface area contributed by atoms with Crippen molar-refractivity contribution in [2.24, 2.45) is 0 Å². The van der Waals surface area contributed by atoms with Gasteiger partial charge in [-0.3, -0.25) is 23.7 Å². The number of nitrogens with two attached hydrogens (primary N) is 1. The lowest BCUT2D eigenvalue weighted by Crippen LogP contribution is -2.14. The van der Waals surface area contributed by atoms with Crippen LogP contribution in [0.15, 0.2) is 42.0 Å². The minimum atomic E-state index is -3.91. The number of aromatic amines is 1. The summed E-state index contributed by atoms with van der Waals surface area (Å²) in [6, 6.07) is 4.13. The molecule has 35 heavy (non-hydrogen) atoms. The maximum absolute atomic E-state index is 14.0. The third-order valence-corrected chi connectivity index (χ3v) is 6.20. The molecule has 3 rings (SSSR count). The molecule has 0 spiro atoms. The zero-order chi connectivity index (χ0) is 25.4. The maximum atomic E-state index is 14.0. The summed E-state index contributed by atoms with van der Waals surface area (Å²) in [5.74, 6) is -0.965. The van der Waals surface area contributed by atoms with Gasteiger partial charge in [-0.05, 0) is 17.7 Å². The predicted octanol–water partition coefficient (Wildman–Crippen LogP) is 2.40. The number of rotatable bonds is 14. The molecule has 1 unspecified atom stereocenters. The number of imidazole rings is 1. The topological polar surface area (TPSA) is 161 Å². The zero-order valence-electron chi connectivity index (χ0n) is 18.9. The van der Waals surface area contributed by atoms with Gasteiger partial charge in [0.05, 0.1) is 26.7 Å². The highest BCUT2D eigenvalue weighted by Gasteiger charge is 2.27. The van der Waals surface area contributed by atoms with Gasteiger partial charge in [-0.2, -0.15) is 4.98 Å². The number of methoxy groups -OCH3 is 1. The van der Waals surface area contributed by atoms with Gasteiger partial charge in [0.25, 0.3) is 5.56 Å². The second kappa shape index (κ2) is 11.8. The average Bonchev–Trinajstić information content (AvgIpc) is 3.23. The van der Waals surface area contributed by atoms with E-state index in [0.717, 1.165) is 0 Å². The van der Waals surface area contributed by atoms with Crippen LogP contribution in [0.2, 0.25) is 0 Å². The highest BCUT2D eigenvalue weighted by molar-refractivity contribution is 7.53. The maximum Gasteiger partial charge on any atom is 0.356 e. The van der Waals surface area contributed by atoms with Gasteiger partial charge in [0.1, 0.15) is 13.0 Å². The first kappa shape index (κ1) is 26.2. The van der Waals surface area contributed by atoms with Crippen molar-refractivity contribution in [2.45, 2.75) is 19.6 Å². The van der Waals surface area contributed by atoms with E-state index in [1.165, 1.54) is 31.6 Å². The van der Waals surface area contributed by atoms with Crippen LogP contribution < -0.4 is 16.0 Å². The molecule has 0 radical (unpaired) electrons. The van der Waals surface area contributed by atoms with Crippen molar-refractivity contribution in [3.8, 4) is 5.75 Å². The zero-order valence-corrected chi connectivity index (χ0v) is 19.8. The first-order chi connectivity index (χ1) is 16.7. The summed E-state index contributed by atoms with van der Waals surface area (Å²) in [6.07, 6.45) is 2.35. The number of hydrogen-bond donors (Lipinski definition) is 2. The summed E-state index contributed by atoms with van der Waals surface area (Å²) < 4.78 is 49.8. The lowest BCUT2D eigenvalue weighted by atomic mass is 10.2. The lowest BCUT2D eigenvalue weighted by Gasteiger charge is -2.19. The summed E-state index contributed by atoms with van der Waals surface area (Å²) >= 11 is 0. The SMILES string of the molecule is C=CCC(=O)COP(=O)(COCCn1cnc2c(=O)[nH]c(N)nc21)OCc1ccc(OC)c(F)c1. The van der Waals surface area contributed by atoms with Crippen LogP contribution in [0.5, 0.6) is 5.75 Å². The minimum Gasteiger partial charge on any atom is -0.494 e. The summed E-state index contributed by atoms with van der Waals surface area (Å²) in [6.45, 7) is 2.97. The molecule has 0 saturated carbocycles. The van der Waals surface area contributed by atoms with Gasteiger partial charge in [-0.15, -0.1) is 6.58 Å². The Labute approximate surface area is 199 Å². The molecule has 0 aliphatic heterocycles. The minimum absolute atomic E-state index is 0.0221. The summed E-state index contributed by atoms with van der Waals surface area (Å²) in [5, 5.41) is 0. The number of benzene rings is 1. The molecule has 0 fully saturated rings. The number of Topliss-reactive ketones (excluding diaryl/α,β-unsaturated/α-hetero) is 1. The summed E-state index contributed by atoms with van der Waals surface area (Å²) in [5.41, 5.74) is 5.86. The number of fused-ring (bicyclic) bond motifs is 1. The fraction of sp³-hybridized carbons (Fsp3) is 0.333. The van der Waals surface area contributed by atoms with Crippen LogP contribution in [0, 0.1) is 5.82 Å². The molecule has 2 aromatic heterocycles. The van der Waals surface area contributed by atoms with Crippen molar-refractivity contribution in [3.63, 3.8) is 0 Å². The molecule has 1 aromatic carbocycles. The van der Waals surface area contributed by atoms with E-state index >= 15 is 0 Å². The Bertz CT molecular complexity index is 1310. The Kier molecular flexibility index (Phi) is 8.88. The van der Waals surface area contributed by atoms with E-state index < -0.39 is 31.9 Å². The molecule has 14 heteroatoms. The molecule has 0 saturated heterocycles. The van der Waals surface area contributed by atoms with Gasteiger partial charge in [0.2, 0.25) is 5.95 Å². The second-order valence-electron chi connectivity index (χ2n) is 7.26. The van der Waals surface area contributed by atoms with E-state index in [9.17, 15) is 18.5 Å². The third kappa shape index (κ3) is 7.06. The van der Waals surface area contributed by atoms with Crippen molar-refractivity contribution in [1.29, 1.82) is 0 Å². The Morgan fingerprint density at radius 1 is 1.37 bits per heavy atom. The number of hydrogen-bond acceptors (Lipinski definition) is 10. The number of carbonyl (C=O) groups excluding carboxylic acids is 1. The van der Waals surface area contributed by atoms with Crippen molar-refractivity contribution in [2.75, 3.05) is 32.4 Å². The molecule has 2 heterocycles. The predicted molar refractivity (Wildman–Crippen MR) is 125 cm³/mol. The number of anilines is 1. The third-order valence-electron chi connectivity index (χ3n) is 4.66. The van der Waals surface area contributed by atoms with E-state index in [0.29, 0.717) is 5.56 Å². The molecular weight excluding hydrogens is 484 g/mol. The van der Waals surface area contributed by atoms with E-state index in [-0.39, 0.29) is 54.8 Å². The Morgan fingerprint density at radius 2 is 2.17 bits per heavy atom. The monoisotopic (exact) mass is 509 g/mol.